The predicted octanol–water partition coefficient (Wildman–Crippen LogP) is 2.01. The molecule has 3 rings (SSSR count). The largest absolute Gasteiger partial charge is 0.376 e. The number of aliphatic hydroxyl groups is 2. The van der Waals surface area contributed by atoms with Crippen LogP contribution in [0.3, 0.4) is 0 Å². The highest BCUT2D eigenvalue weighted by Crippen LogP contribution is 2.19. The normalized spacial score (nSPS) is 18.0. The third kappa shape index (κ3) is 9.44. The number of halogens is 1. The first-order chi connectivity index (χ1) is 14.6. The van der Waals surface area contributed by atoms with Crippen LogP contribution in [-0.2, 0) is 4.74 Å². The van der Waals surface area contributed by atoms with Crippen LogP contribution < -0.4 is 10.6 Å². The number of amides is 2. The van der Waals surface area contributed by atoms with Crippen LogP contribution in [0, 0.1) is 5.92 Å². The number of pyridine rings is 1. The molecular formula is C22H28ClN3O5. The van der Waals surface area contributed by atoms with E-state index in [0.717, 1.165) is 6.42 Å². The van der Waals surface area contributed by atoms with Crippen LogP contribution in [0.4, 0.5) is 0 Å². The zero-order chi connectivity index (χ0) is 22.9. The van der Waals surface area contributed by atoms with Crippen molar-refractivity contribution in [3.63, 3.8) is 0 Å². The Morgan fingerprint density at radius 2 is 1.81 bits per heavy atom. The second-order valence-electron chi connectivity index (χ2n) is 7.69. The molecule has 1 aliphatic rings. The van der Waals surface area contributed by atoms with Gasteiger partial charge in [0.25, 0.3) is 11.8 Å². The van der Waals surface area contributed by atoms with Gasteiger partial charge in [-0.1, -0.05) is 23.7 Å². The Hall–Kier alpha value is -2.52. The quantitative estimate of drug-likeness (QED) is 0.500. The number of rotatable bonds is 6. The minimum Gasteiger partial charge on any atom is -0.376 e. The van der Waals surface area contributed by atoms with Crippen molar-refractivity contribution >= 4 is 23.4 Å². The molecule has 0 aliphatic carbocycles. The van der Waals surface area contributed by atoms with E-state index in [-0.39, 0.29) is 23.8 Å². The van der Waals surface area contributed by atoms with Crippen LogP contribution in [0.15, 0.2) is 48.8 Å². The van der Waals surface area contributed by atoms with E-state index in [0.29, 0.717) is 35.8 Å². The maximum absolute atomic E-state index is 12.2. The summed E-state index contributed by atoms with van der Waals surface area (Å²) in [7, 11) is 0. The maximum atomic E-state index is 12.2. The number of aromatic nitrogens is 1. The number of nitrogens with zero attached hydrogens (tertiary/aromatic N) is 1. The van der Waals surface area contributed by atoms with Crippen molar-refractivity contribution < 1.29 is 24.5 Å². The fourth-order valence-electron chi connectivity index (χ4n) is 2.85. The fraction of sp³-hybridized carbons (Fsp3) is 0.409. The van der Waals surface area contributed by atoms with Crippen LogP contribution in [0.25, 0.3) is 0 Å². The van der Waals surface area contributed by atoms with Gasteiger partial charge in [-0.2, -0.15) is 0 Å². The number of nitrogens with one attached hydrogen (secondary N) is 2. The van der Waals surface area contributed by atoms with E-state index in [1.807, 2.05) is 0 Å². The molecule has 1 fully saturated rings. The molecular weight excluding hydrogens is 422 g/mol. The summed E-state index contributed by atoms with van der Waals surface area (Å²) in [4.78, 5) is 28.1. The van der Waals surface area contributed by atoms with Gasteiger partial charge in [0, 0.05) is 31.4 Å². The Bertz CT molecular complexity index is 852. The van der Waals surface area contributed by atoms with Gasteiger partial charge in [-0.25, -0.2) is 0 Å². The fourth-order valence-corrected chi connectivity index (χ4v) is 3.07. The van der Waals surface area contributed by atoms with Crippen LogP contribution in [0.1, 0.15) is 41.0 Å². The zero-order valence-electron chi connectivity index (χ0n) is 17.5. The number of hydrogen-bond acceptors (Lipinski definition) is 6. The molecule has 1 aromatic carbocycles. The van der Waals surface area contributed by atoms with Crippen molar-refractivity contribution in [2.24, 2.45) is 5.92 Å². The molecule has 2 amide bonds. The Balaban J connectivity index is 0.000000614. The Labute approximate surface area is 186 Å². The van der Waals surface area contributed by atoms with Gasteiger partial charge in [0.2, 0.25) is 0 Å². The minimum atomic E-state index is -1.50. The first-order valence-electron chi connectivity index (χ1n) is 9.90. The Morgan fingerprint density at radius 3 is 2.45 bits per heavy atom. The first-order valence-corrected chi connectivity index (χ1v) is 10.3. The smallest absolute Gasteiger partial charge is 0.252 e. The molecule has 0 spiro atoms. The summed E-state index contributed by atoms with van der Waals surface area (Å²) in [6.45, 7) is 4.10. The van der Waals surface area contributed by atoms with E-state index >= 15 is 0 Å². The standard InChI is InChI=1S/C19H20ClN3O3.C3H8O2/c20-17-6-2-1-5-16(17)19(25)23-11-15-8-13(12-26-15)9-22-18(24)14-4-3-7-21-10-14;1-3(2,4)5/h1-7,10,13,15H,8-9,11-12H2,(H,22,24)(H,23,25);4-5H,1-2H3. The molecule has 2 aromatic rings. The second-order valence-corrected chi connectivity index (χ2v) is 8.10. The third-order valence-electron chi connectivity index (χ3n) is 4.25. The lowest BCUT2D eigenvalue weighted by Crippen LogP contribution is -2.32. The van der Waals surface area contributed by atoms with Crippen LogP contribution in [-0.4, -0.2) is 58.6 Å². The Kier molecular flexibility index (Phi) is 9.39. The number of ether oxygens (including phenoxy) is 1. The van der Waals surface area contributed by atoms with Gasteiger partial charge < -0.3 is 25.6 Å². The predicted molar refractivity (Wildman–Crippen MR) is 117 cm³/mol. The summed E-state index contributed by atoms with van der Waals surface area (Å²) in [6.07, 6.45) is 3.87. The van der Waals surface area contributed by atoms with Crippen molar-refractivity contribution in [1.29, 1.82) is 0 Å². The van der Waals surface area contributed by atoms with Gasteiger partial charge >= 0.3 is 0 Å². The van der Waals surface area contributed by atoms with Crippen molar-refractivity contribution in [3.05, 3.63) is 64.9 Å². The zero-order valence-corrected chi connectivity index (χ0v) is 18.3. The molecule has 31 heavy (non-hydrogen) atoms. The van der Waals surface area contributed by atoms with E-state index in [9.17, 15) is 9.59 Å². The molecule has 1 saturated heterocycles. The highest BCUT2D eigenvalue weighted by atomic mass is 35.5. The summed E-state index contributed by atoms with van der Waals surface area (Å²) >= 11 is 6.02. The number of hydrogen-bond donors (Lipinski definition) is 4. The molecule has 9 heteroatoms. The van der Waals surface area contributed by atoms with Gasteiger partial charge in [0.05, 0.1) is 28.9 Å². The molecule has 1 aliphatic heterocycles. The summed E-state index contributed by atoms with van der Waals surface area (Å²) in [5.41, 5.74) is 0.988. The molecule has 8 nitrogen and oxygen atoms in total. The number of benzene rings is 1. The molecule has 0 saturated carbocycles. The monoisotopic (exact) mass is 449 g/mol. The lowest BCUT2D eigenvalue weighted by Gasteiger charge is -2.12. The van der Waals surface area contributed by atoms with E-state index in [1.165, 1.54) is 20.0 Å². The summed E-state index contributed by atoms with van der Waals surface area (Å²) in [5.74, 6) is -1.64. The molecule has 2 atom stereocenters. The topological polar surface area (TPSA) is 121 Å². The van der Waals surface area contributed by atoms with Gasteiger partial charge in [-0.05, 0) is 44.5 Å². The van der Waals surface area contributed by atoms with E-state index in [2.05, 4.69) is 15.6 Å². The highest BCUT2D eigenvalue weighted by Gasteiger charge is 2.26. The lowest BCUT2D eigenvalue weighted by atomic mass is 10.1. The molecule has 1 aromatic heterocycles. The van der Waals surface area contributed by atoms with Gasteiger partial charge in [0.15, 0.2) is 5.79 Å². The van der Waals surface area contributed by atoms with E-state index < -0.39 is 5.79 Å². The molecule has 2 heterocycles. The summed E-state index contributed by atoms with van der Waals surface area (Å²) in [6, 6.07) is 10.4. The van der Waals surface area contributed by atoms with Crippen LogP contribution in [0.2, 0.25) is 5.02 Å². The molecule has 4 N–H and O–H groups in total. The maximum Gasteiger partial charge on any atom is 0.252 e. The highest BCUT2D eigenvalue weighted by molar-refractivity contribution is 6.33. The third-order valence-corrected chi connectivity index (χ3v) is 4.58. The van der Waals surface area contributed by atoms with Crippen molar-refractivity contribution in [3.8, 4) is 0 Å². The SMILES string of the molecule is CC(C)(O)O.O=C(NCC1COC(CNC(=O)c2ccccc2Cl)C1)c1cccnc1. The minimum absolute atomic E-state index is 0.0678. The van der Waals surface area contributed by atoms with Gasteiger partial charge in [-0.3, -0.25) is 14.6 Å². The molecule has 2 unspecified atom stereocenters. The molecule has 168 valence electrons. The molecule has 0 radical (unpaired) electrons. The van der Waals surface area contributed by atoms with Crippen molar-refractivity contribution in [2.75, 3.05) is 19.7 Å². The number of carbonyl (C=O) groups excluding carboxylic acids is 2. The Morgan fingerprint density at radius 1 is 1.13 bits per heavy atom. The summed E-state index contributed by atoms with van der Waals surface area (Å²) < 4.78 is 5.71. The lowest BCUT2D eigenvalue weighted by molar-refractivity contribution is -0.127. The average molecular weight is 450 g/mol. The van der Waals surface area contributed by atoms with Crippen LogP contribution >= 0.6 is 11.6 Å². The molecule has 0 bridgehead atoms. The number of carbonyl (C=O) groups is 2. The van der Waals surface area contributed by atoms with Crippen LogP contribution in [0.5, 0.6) is 0 Å². The average Bonchev–Trinajstić information content (AvgIpc) is 3.18. The van der Waals surface area contributed by atoms with Crippen molar-refractivity contribution in [1.82, 2.24) is 15.6 Å². The van der Waals surface area contributed by atoms with Crippen molar-refractivity contribution in [2.45, 2.75) is 32.2 Å². The summed E-state index contributed by atoms with van der Waals surface area (Å²) in [5, 5.41) is 22.3. The van der Waals surface area contributed by atoms with E-state index in [4.69, 9.17) is 26.6 Å². The van der Waals surface area contributed by atoms with E-state index in [1.54, 1.807) is 42.6 Å². The first kappa shape index (κ1) is 24.7. The van der Waals surface area contributed by atoms with Gasteiger partial charge in [-0.15, -0.1) is 0 Å². The van der Waals surface area contributed by atoms with Gasteiger partial charge in [0.1, 0.15) is 0 Å². The second kappa shape index (κ2) is 11.8.